The van der Waals surface area contributed by atoms with Gasteiger partial charge >= 0.3 is 0 Å². The fourth-order valence-electron chi connectivity index (χ4n) is 2.15. The number of rotatable bonds is 2. The Labute approximate surface area is 108 Å². The summed E-state index contributed by atoms with van der Waals surface area (Å²) >= 11 is 4.99. The SMILES string of the molecule is CNC(=S)OC[C@@H]1Cc2ccccc2CN1C. The Morgan fingerprint density at radius 2 is 2.18 bits per heavy atom. The predicted octanol–water partition coefficient (Wildman–Crippen LogP) is 1.56. The van der Waals surface area contributed by atoms with Gasteiger partial charge in [0, 0.05) is 19.6 Å². The fourth-order valence-corrected chi connectivity index (χ4v) is 2.22. The van der Waals surface area contributed by atoms with Crippen molar-refractivity contribution >= 4 is 17.4 Å². The molecule has 0 aliphatic carbocycles. The molecule has 0 spiro atoms. The monoisotopic (exact) mass is 250 g/mol. The highest BCUT2D eigenvalue weighted by molar-refractivity contribution is 7.80. The van der Waals surface area contributed by atoms with E-state index >= 15 is 0 Å². The van der Waals surface area contributed by atoms with E-state index in [1.807, 2.05) is 0 Å². The number of hydrogen-bond donors (Lipinski definition) is 1. The number of likely N-dealkylation sites (N-methyl/N-ethyl adjacent to an activating group) is 1. The van der Waals surface area contributed by atoms with Crippen molar-refractivity contribution in [2.24, 2.45) is 0 Å². The zero-order chi connectivity index (χ0) is 12.3. The molecule has 92 valence electrons. The topological polar surface area (TPSA) is 24.5 Å². The highest BCUT2D eigenvalue weighted by Gasteiger charge is 2.23. The first-order chi connectivity index (χ1) is 8.20. The van der Waals surface area contributed by atoms with Crippen LogP contribution in [0.15, 0.2) is 24.3 Å². The molecule has 1 aliphatic heterocycles. The standard InChI is InChI=1S/C13H18N2OS/c1-14-13(17)16-9-12-7-10-5-3-4-6-11(10)8-15(12)2/h3-6,12H,7-9H2,1-2H3,(H,14,17)/t12-/m0/s1. The highest BCUT2D eigenvalue weighted by atomic mass is 32.1. The van der Waals surface area contributed by atoms with Crippen molar-refractivity contribution in [3.8, 4) is 0 Å². The zero-order valence-corrected chi connectivity index (χ0v) is 11.1. The van der Waals surface area contributed by atoms with E-state index in [9.17, 15) is 0 Å². The molecule has 0 aromatic heterocycles. The number of hydrogen-bond acceptors (Lipinski definition) is 3. The lowest BCUT2D eigenvalue weighted by Crippen LogP contribution is -2.41. The van der Waals surface area contributed by atoms with Crippen LogP contribution in [0.25, 0.3) is 0 Å². The third-order valence-electron chi connectivity index (χ3n) is 3.23. The van der Waals surface area contributed by atoms with Gasteiger partial charge in [0.25, 0.3) is 5.17 Å². The van der Waals surface area contributed by atoms with Gasteiger partial charge in [0.15, 0.2) is 0 Å². The lowest BCUT2D eigenvalue weighted by atomic mass is 9.95. The Kier molecular flexibility index (Phi) is 3.97. The molecule has 17 heavy (non-hydrogen) atoms. The maximum Gasteiger partial charge on any atom is 0.256 e. The number of benzene rings is 1. The minimum atomic E-state index is 0.399. The van der Waals surface area contributed by atoms with Crippen molar-refractivity contribution in [3.05, 3.63) is 35.4 Å². The van der Waals surface area contributed by atoms with Crippen LogP contribution in [-0.4, -0.2) is 36.8 Å². The van der Waals surface area contributed by atoms with Gasteiger partial charge in [0.05, 0.1) is 0 Å². The Hall–Kier alpha value is -1.13. The molecule has 0 unspecified atom stereocenters. The second kappa shape index (κ2) is 5.47. The third-order valence-corrected chi connectivity index (χ3v) is 3.55. The van der Waals surface area contributed by atoms with Gasteiger partial charge in [-0.1, -0.05) is 24.3 Å². The molecule has 0 amide bonds. The third kappa shape index (κ3) is 2.96. The Bertz CT molecular complexity index is 408. The Balaban J connectivity index is 2.00. The normalized spacial score (nSPS) is 19.5. The van der Waals surface area contributed by atoms with Crippen molar-refractivity contribution < 1.29 is 4.74 Å². The number of nitrogens with zero attached hydrogens (tertiary/aromatic N) is 1. The number of nitrogens with one attached hydrogen (secondary N) is 1. The lowest BCUT2D eigenvalue weighted by Gasteiger charge is -2.33. The molecule has 4 heteroatoms. The molecule has 1 atom stereocenters. The average molecular weight is 250 g/mol. The van der Waals surface area contributed by atoms with Crippen molar-refractivity contribution in [1.29, 1.82) is 0 Å². The van der Waals surface area contributed by atoms with Crippen molar-refractivity contribution in [2.45, 2.75) is 19.0 Å². The van der Waals surface area contributed by atoms with Crippen LogP contribution >= 0.6 is 12.2 Å². The summed E-state index contributed by atoms with van der Waals surface area (Å²) in [4.78, 5) is 2.32. The van der Waals surface area contributed by atoms with Crippen LogP contribution in [0.5, 0.6) is 0 Å². The molecule has 1 N–H and O–H groups in total. The summed E-state index contributed by atoms with van der Waals surface area (Å²) in [5.74, 6) is 0. The Morgan fingerprint density at radius 3 is 2.88 bits per heavy atom. The van der Waals surface area contributed by atoms with E-state index in [4.69, 9.17) is 17.0 Å². The molecule has 0 radical (unpaired) electrons. The van der Waals surface area contributed by atoms with Gasteiger partial charge in [-0.05, 0) is 36.8 Å². The van der Waals surface area contributed by atoms with E-state index in [1.165, 1.54) is 11.1 Å². The molecule has 0 fully saturated rings. The Morgan fingerprint density at radius 1 is 1.47 bits per heavy atom. The second-order valence-electron chi connectivity index (χ2n) is 4.39. The minimum absolute atomic E-state index is 0.399. The van der Waals surface area contributed by atoms with E-state index in [2.05, 4.69) is 41.5 Å². The molecule has 0 bridgehead atoms. The van der Waals surface area contributed by atoms with E-state index in [1.54, 1.807) is 7.05 Å². The van der Waals surface area contributed by atoms with Gasteiger partial charge in [0.2, 0.25) is 0 Å². The van der Waals surface area contributed by atoms with E-state index in [0.29, 0.717) is 17.8 Å². The molecule has 0 saturated heterocycles. The maximum atomic E-state index is 5.49. The van der Waals surface area contributed by atoms with Crippen LogP contribution in [0, 0.1) is 0 Å². The molecule has 1 aromatic carbocycles. The largest absolute Gasteiger partial charge is 0.469 e. The predicted molar refractivity (Wildman–Crippen MR) is 73.0 cm³/mol. The van der Waals surface area contributed by atoms with Gasteiger partial charge in [-0.15, -0.1) is 0 Å². The van der Waals surface area contributed by atoms with E-state index in [0.717, 1.165) is 13.0 Å². The van der Waals surface area contributed by atoms with Crippen LogP contribution in [-0.2, 0) is 17.7 Å². The number of ether oxygens (including phenoxy) is 1. The summed E-state index contributed by atoms with van der Waals surface area (Å²) in [6, 6.07) is 8.99. The molecular formula is C13H18N2OS. The van der Waals surface area contributed by atoms with Crippen LogP contribution in [0.1, 0.15) is 11.1 Å². The quantitative estimate of drug-likeness (QED) is 0.805. The van der Waals surface area contributed by atoms with Crippen LogP contribution in [0.2, 0.25) is 0 Å². The molecule has 3 nitrogen and oxygen atoms in total. The van der Waals surface area contributed by atoms with Crippen LogP contribution in [0.4, 0.5) is 0 Å². The molecule has 1 aliphatic rings. The second-order valence-corrected chi connectivity index (χ2v) is 4.76. The first kappa shape index (κ1) is 12.3. The maximum absolute atomic E-state index is 5.49. The lowest BCUT2D eigenvalue weighted by molar-refractivity contribution is 0.137. The van der Waals surface area contributed by atoms with Gasteiger partial charge in [0.1, 0.15) is 6.61 Å². The first-order valence-electron chi connectivity index (χ1n) is 5.82. The van der Waals surface area contributed by atoms with E-state index < -0.39 is 0 Å². The number of fused-ring (bicyclic) bond motifs is 1. The fraction of sp³-hybridized carbons (Fsp3) is 0.462. The number of thiocarbonyl (C=S) groups is 1. The van der Waals surface area contributed by atoms with Gasteiger partial charge < -0.3 is 10.1 Å². The molecule has 2 rings (SSSR count). The molecule has 1 aromatic rings. The van der Waals surface area contributed by atoms with Crippen molar-refractivity contribution in [3.63, 3.8) is 0 Å². The zero-order valence-electron chi connectivity index (χ0n) is 10.3. The van der Waals surface area contributed by atoms with E-state index in [-0.39, 0.29) is 0 Å². The minimum Gasteiger partial charge on any atom is -0.469 e. The van der Waals surface area contributed by atoms with Crippen LogP contribution in [0.3, 0.4) is 0 Å². The van der Waals surface area contributed by atoms with Crippen molar-refractivity contribution in [1.82, 2.24) is 10.2 Å². The molecular weight excluding hydrogens is 232 g/mol. The smallest absolute Gasteiger partial charge is 0.256 e. The van der Waals surface area contributed by atoms with Gasteiger partial charge in [-0.3, -0.25) is 4.90 Å². The summed E-state index contributed by atoms with van der Waals surface area (Å²) in [6.07, 6.45) is 1.03. The first-order valence-corrected chi connectivity index (χ1v) is 6.23. The molecule has 1 heterocycles. The summed E-state index contributed by atoms with van der Waals surface area (Å²) in [6.45, 7) is 1.63. The van der Waals surface area contributed by atoms with Gasteiger partial charge in [-0.2, -0.15) is 0 Å². The summed E-state index contributed by atoms with van der Waals surface area (Å²) in [7, 11) is 3.91. The summed E-state index contributed by atoms with van der Waals surface area (Å²) in [5.41, 5.74) is 2.84. The average Bonchev–Trinajstić information content (AvgIpc) is 2.35. The molecule has 0 saturated carbocycles. The van der Waals surface area contributed by atoms with Gasteiger partial charge in [-0.25, -0.2) is 0 Å². The van der Waals surface area contributed by atoms with Crippen LogP contribution < -0.4 is 5.32 Å². The summed E-state index contributed by atoms with van der Waals surface area (Å²) in [5, 5.41) is 3.30. The van der Waals surface area contributed by atoms with Crippen molar-refractivity contribution in [2.75, 3.05) is 20.7 Å². The summed E-state index contributed by atoms with van der Waals surface area (Å²) < 4.78 is 5.49. The highest BCUT2D eigenvalue weighted by Crippen LogP contribution is 2.21.